The SMILES string of the molecule is Cc1cnc2c(N(C=O)c3c(Cl)ccnc3Cl)cccc2c1NC(=O)Nc1ccccc1. The van der Waals surface area contributed by atoms with Crippen molar-refractivity contribution in [2.24, 2.45) is 0 Å². The molecule has 0 unspecified atom stereocenters. The van der Waals surface area contributed by atoms with Crippen LogP contribution in [0.15, 0.2) is 67.0 Å². The van der Waals surface area contributed by atoms with E-state index in [9.17, 15) is 9.59 Å². The van der Waals surface area contributed by atoms with Crippen LogP contribution in [0.2, 0.25) is 10.2 Å². The summed E-state index contributed by atoms with van der Waals surface area (Å²) in [5.41, 5.74) is 3.16. The molecule has 9 heteroatoms. The third-order valence-corrected chi connectivity index (χ3v) is 5.35. The molecule has 2 aromatic carbocycles. The van der Waals surface area contributed by atoms with E-state index < -0.39 is 6.03 Å². The van der Waals surface area contributed by atoms with Crippen LogP contribution in [0.25, 0.3) is 10.9 Å². The zero-order valence-electron chi connectivity index (χ0n) is 16.8. The first kappa shape index (κ1) is 21.5. The van der Waals surface area contributed by atoms with Gasteiger partial charge in [-0.25, -0.2) is 9.78 Å². The number of aromatic nitrogens is 2. The highest BCUT2D eigenvalue weighted by atomic mass is 35.5. The van der Waals surface area contributed by atoms with E-state index in [0.717, 1.165) is 5.56 Å². The molecule has 0 fully saturated rings. The Kier molecular flexibility index (Phi) is 6.20. The summed E-state index contributed by atoms with van der Waals surface area (Å²) in [4.78, 5) is 34.5. The fraction of sp³-hybridized carbons (Fsp3) is 0.0435. The maximum Gasteiger partial charge on any atom is 0.323 e. The zero-order valence-corrected chi connectivity index (χ0v) is 18.4. The number of rotatable bonds is 5. The predicted octanol–water partition coefficient (Wildman–Crippen LogP) is 6.18. The average Bonchev–Trinajstić information content (AvgIpc) is 2.79. The average molecular weight is 466 g/mol. The molecule has 3 amide bonds. The van der Waals surface area contributed by atoms with Gasteiger partial charge in [0.2, 0.25) is 6.41 Å². The Labute approximate surface area is 194 Å². The summed E-state index contributed by atoms with van der Waals surface area (Å²) in [7, 11) is 0. The van der Waals surface area contributed by atoms with Crippen molar-refractivity contribution >= 4 is 69.3 Å². The highest BCUT2D eigenvalue weighted by Gasteiger charge is 2.21. The molecule has 160 valence electrons. The maximum atomic E-state index is 12.6. The molecule has 0 radical (unpaired) electrons. The summed E-state index contributed by atoms with van der Waals surface area (Å²) in [5, 5.41) is 6.67. The number of benzene rings is 2. The van der Waals surface area contributed by atoms with Gasteiger partial charge in [0.1, 0.15) is 5.69 Å². The van der Waals surface area contributed by atoms with E-state index in [1.807, 2.05) is 31.2 Å². The number of nitrogens with one attached hydrogen (secondary N) is 2. The lowest BCUT2D eigenvalue weighted by atomic mass is 10.1. The Morgan fingerprint density at radius 2 is 1.78 bits per heavy atom. The number of aryl methyl sites for hydroxylation is 1. The van der Waals surface area contributed by atoms with E-state index in [2.05, 4.69) is 20.6 Å². The van der Waals surface area contributed by atoms with Crippen LogP contribution in [-0.2, 0) is 4.79 Å². The molecule has 0 atom stereocenters. The van der Waals surface area contributed by atoms with Gasteiger partial charge in [-0.15, -0.1) is 0 Å². The van der Waals surface area contributed by atoms with Gasteiger partial charge in [0.05, 0.1) is 21.9 Å². The highest BCUT2D eigenvalue weighted by Crippen LogP contribution is 2.39. The van der Waals surface area contributed by atoms with Crippen LogP contribution in [0.3, 0.4) is 0 Å². The lowest BCUT2D eigenvalue weighted by molar-refractivity contribution is -0.106. The second kappa shape index (κ2) is 9.21. The number of anilines is 4. The first-order chi connectivity index (χ1) is 15.5. The number of amides is 3. The van der Waals surface area contributed by atoms with Crippen molar-refractivity contribution in [1.82, 2.24) is 9.97 Å². The van der Waals surface area contributed by atoms with Crippen LogP contribution in [-0.4, -0.2) is 22.4 Å². The number of fused-ring (bicyclic) bond motifs is 1. The van der Waals surface area contributed by atoms with Gasteiger partial charge in [0.15, 0.2) is 5.15 Å². The molecule has 0 saturated carbocycles. The van der Waals surface area contributed by atoms with Gasteiger partial charge < -0.3 is 10.6 Å². The van der Waals surface area contributed by atoms with E-state index in [1.165, 1.54) is 11.1 Å². The number of halogens is 2. The third kappa shape index (κ3) is 4.21. The number of nitrogens with zero attached hydrogens (tertiary/aromatic N) is 3. The predicted molar refractivity (Wildman–Crippen MR) is 128 cm³/mol. The lowest BCUT2D eigenvalue weighted by Gasteiger charge is -2.22. The quantitative estimate of drug-likeness (QED) is 0.272. The summed E-state index contributed by atoms with van der Waals surface area (Å²) < 4.78 is 0. The van der Waals surface area contributed by atoms with E-state index >= 15 is 0 Å². The first-order valence-corrected chi connectivity index (χ1v) is 10.3. The Hall–Kier alpha value is -3.68. The molecular formula is C23H17Cl2N5O2. The Bertz CT molecular complexity index is 1290. The van der Waals surface area contributed by atoms with Crippen LogP contribution < -0.4 is 15.5 Å². The Morgan fingerprint density at radius 3 is 2.50 bits per heavy atom. The summed E-state index contributed by atoms with van der Waals surface area (Å²) in [5.74, 6) is 0. The Balaban J connectivity index is 1.77. The molecular weight excluding hydrogens is 449 g/mol. The zero-order chi connectivity index (χ0) is 22.7. The molecule has 32 heavy (non-hydrogen) atoms. The smallest absolute Gasteiger partial charge is 0.308 e. The van der Waals surface area contributed by atoms with Crippen molar-refractivity contribution in [1.29, 1.82) is 0 Å². The fourth-order valence-electron chi connectivity index (χ4n) is 3.32. The van der Waals surface area contributed by atoms with Crippen LogP contribution in [0.1, 0.15) is 5.56 Å². The van der Waals surface area contributed by atoms with Crippen LogP contribution >= 0.6 is 23.2 Å². The molecule has 2 aromatic heterocycles. The largest absolute Gasteiger partial charge is 0.323 e. The minimum atomic E-state index is -0.400. The number of carbonyl (C=O) groups is 2. The van der Waals surface area contributed by atoms with Crippen LogP contribution in [0.5, 0.6) is 0 Å². The molecule has 0 aliphatic heterocycles. The van der Waals surface area contributed by atoms with Gasteiger partial charge in [0.25, 0.3) is 0 Å². The first-order valence-electron chi connectivity index (χ1n) is 9.55. The Morgan fingerprint density at radius 1 is 1.00 bits per heavy atom. The van der Waals surface area contributed by atoms with E-state index in [1.54, 1.807) is 36.5 Å². The number of pyridine rings is 2. The van der Waals surface area contributed by atoms with Crippen molar-refractivity contribution in [3.8, 4) is 0 Å². The van der Waals surface area contributed by atoms with Crippen molar-refractivity contribution in [2.75, 3.05) is 15.5 Å². The molecule has 2 N–H and O–H groups in total. The number of hydrogen-bond donors (Lipinski definition) is 2. The second-order valence-electron chi connectivity index (χ2n) is 6.84. The van der Waals surface area contributed by atoms with Gasteiger partial charge in [-0.05, 0) is 36.8 Å². The van der Waals surface area contributed by atoms with E-state index in [4.69, 9.17) is 23.2 Å². The maximum absolute atomic E-state index is 12.6. The number of hydrogen-bond acceptors (Lipinski definition) is 4. The summed E-state index contributed by atoms with van der Waals surface area (Å²) in [6.07, 6.45) is 3.68. The molecule has 0 aliphatic carbocycles. The number of para-hydroxylation sites is 2. The number of carbonyl (C=O) groups excluding carboxylic acids is 2. The molecule has 4 rings (SSSR count). The summed E-state index contributed by atoms with van der Waals surface area (Å²) in [6.45, 7) is 1.84. The fourth-order valence-corrected chi connectivity index (χ4v) is 3.85. The molecule has 4 aromatic rings. The summed E-state index contributed by atoms with van der Waals surface area (Å²) in [6, 6.07) is 15.5. The van der Waals surface area contributed by atoms with Gasteiger partial charge >= 0.3 is 6.03 Å². The molecule has 0 aliphatic rings. The van der Waals surface area contributed by atoms with Crippen molar-refractivity contribution in [3.63, 3.8) is 0 Å². The van der Waals surface area contributed by atoms with Gasteiger partial charge in [-0.2, -0.15) is 0 Å². The second-order valence-corrected chi connectivity index (χ2v) is 7.61. The van der Waals surface area contributed by atoms with Gasteiger partial charge in [0, 0.05) is 23.5 Å². The topological polar surface area (TPSA) is 87.2 Å². The van der Waals surface area contributed by atoms with Crippen molar-refractivity contribution in [3.05, 3.63) is 82.7 Å². The minimum Gasteiger partial charge on any atom is -0.308 e. The molecule has 2 heterocycles. The van der Waals surface area contributed by atoms with Crippen LogP contribution in [0, 0.1) is 6.92 Å². The minimum absolute atomic E-state index is 0.0781. The van der Waals surface area contributed by atoms with Crippen molar-refractivity contribution in [2.45, 2.75) is 6.92 Å². The van der Waals surface area contributed by atoms with Gasteiger partial charge in [-0.1, -0.05) is 53.5 Å². The highest BCUT2D eigenvalue weighted by molar-refractivity contribution is 6.39. The van der Waals surface area contributed by atoms with E-state index in [0.29, 0.717) is 34.4 Å². The normalized spacial score (nSPS) is 10.6. The standard InChI is InChI=1S/C23H17Cl2N5O2/c1-14-12-27-20-16(19(14)29-23(32)28-15-6-3-2-4-7-15)8-5-9-18(20)30(13-31)21-17(24)10-11-26-22(21)25/h2-13H,1H3,(H2,27,28,29,32). The molecule has 0 saturated heterocycles. The lowest BCUT2D eigenvalue weighted by Crippen LogP contribution is -2.20. The third-order valence-electron chi connectivity index (χ3n) is 4.77. The van der Waals surface area contributed by atoms with Gasteiger partial charge in [-0.3, -0.25) is 14.7 Å². The van der Waals surface area contributed by atoms with E-state index in [-0.39, 0.29) is 15.9 Å². The number of urea groups is 1. The van der Waals surface area contributed by atoms with Crippen LogP contribution in [0.4, 0.5) is 27.5 Å². The van der Waals surface area contributed by atoms with Crippen molar-refractivity contribution < 1.29 is 9.59 Å². The monoisotopic (exact) mass is 465 g/mol. The molecule has 0 spiro atoms. The molecule has 7 nitrogen and oxygen atoms in total. The summed E-state index contributed by atoms with van der Waals surface area (Å²) >= 11 is 12.5. The molecule has 0 bridgehead atoms.